The summed E-state index contributed by atoms with van der Waals surface area (Å²) in [6.07, 6.45) is 2.78. The zero-order valence-corrected chi connectivity index (χ0v) is 36.0. The Bertz CT molecular complexity index is 2170. The van der Waals surface area contributed by atoms with Gasteiger partial charge in [0.2, 0.25) is 21.8 Å². The highest BCUT2D eigenvalue weighted by Gasteiger charge is 2.63. The number of aromatic nitrogens is 1. The minimum atomic E-state index is -4.53. The lowest BCUT2D eigenvalue weighted by Gasteiger charge is -2.41. The van der Waals surface area contributed by atoms with E-state index in [9.17, 15) is 40.8 Å². The lowest BCUT2D eigenvalue weighted by Crippen LogP contribution is -2.61. The van der Waals surface area contributed by atoms with Crippen molar-refractivity contribution in [3.05, 3.63) is 41.6 Å². The molecule has 4 aliphatic rings. The first kappa shape index (κ1) is 44.9. The monoisotopic (exact) mass is 863 g/mol. The zero-order valence-electron chi connectivity index (χ0n) is 35.2. The molecule has 5 atom stereocenters. The zero-order chi connectivity index (χ0) is 44.1. The molecule has 2 fully saturated rings. The molecule has 2 aliphatic heterocycles. The van der Waals surface area contributed by atoms with Crippen LogP contribution < -0.4 is 24.8 Å². The van der Waals surface area contributed by atoms with E-state index >= 15 is 0 Å². The molecule has 1 aromatic heterocycles. The number of halogens is 3. The van der Waals surface area contributed by atoms with Crippen molar-refractivity contribution in [2.24, 2.45) is 5.92 Å². The van der Waals surface area contributed by atoms with Gasteiger partial charge in [-0.25, -0.2) is 18.2 Å². The summed E-state index contributed by atoms with van der Waals surface area (Å²) < 4.78 is 83.7. The number of allylic oxidation sites excluding steroid dienone is 1. The third-order valence-electron chi connectivity index (χ3n) is 11.9. The largest absolute Gasteiger partial charge is 0.485 e. The average molecular weight is 864 g/mol. The predicted molar refractivity (Wildman–Crippen MR) is 216 cm³/mol. The van der Waals surface area contributed by atoms with Crippen molar-refractivity contribution >= 4 is 44.7 Å². The Morgan fingerprint density at radius 2 is 1.80 bits per heavy atom. The van der Waals surface area contributed by atoms with Crippen LogP contribution in [0.15, 0.2) is 30.4 Å². The molecular formula is C42H56F3N5O9S. The number of rotatable bonds is 8. The lowest BCUT2D eigenvalue weighted by atomic mass is 9.85. The fourth-order valence-electron chi connectivity index (χ4n) is 7.93. The van der Waals surface area contributed by atoms with Crippen LogP contribution in [0.2, 0.25) is 0 Å². The van der Waals surface area contributed by atoms with Gasteiger partial charge in [-0.1, -0.05) is 25.0 Å². The predicted octanol–water partition coefficient (Wildman–Crippen LogP) is 6.07. The Kier molecular flexibility index (Phi) is 12.2. The van der Waals surface area contributed by atoms with Crippen molar-refractivity contribution in [1.82, 2.24) is 25.2 Å². The van der Waals surface area contributed by atoms with E-state index in [4.69, 9.17) is 14.2 Å². The molecule has 14 nitrogen and oxygen atoms in total. The molecule has 0 spiro atoms. The number of fused-ring (bicyclic) bond motifs is 4. The Balaban J connectivity index is 1.34. The molecule has 18 heteroatoms. The minimum absolute atomic E-state index is 0.00743. The number of aryl methyl sites for hydroxylation is 2. The number of pyridine rings is 1. The van der Waals surface area contributed by atoms with Crippen LogP contribution in [0.3, 0.4) is 0 Å². The second-order valence-electron chi connectivity index (χ2n) is 18.2. The van der Waals surface area contributed by atoms with Crippen LogP contribution in [0.4, 0.5) is 18.0 Å². The first-order valence-electron chi connectivity index (χ1n) is 20.5. The van der Waals surface area contributed by atoms with E-state index in [0.717, 1.165) is 6.42 Å². The van der Waals surface area contributed by atoms with Crippen molar-refractivity contribution < 1.29 is 55.0 Å². The highest BCUT2D eigenvalue weighted by atomic mass is 32.2. The van der Waals surface area contributed by atoms with Gasteiger partial charge in [0.15, 0.2) is 6.61 Å². The number of carbonyl (C=O) groups excluding carboxylic acids is 4. The number of hydrogen-bond acceptors (Lipinski definition) is 10. The lowest BCUT2D eigenvalue weighted by molar-refractivity contribution is -0.153. The van der Waals surface area contributed by atoms with Crippen LogP contribution in [0, 0.1) is 12.8 Å². The number of likely N-dealkylation sites (N-methyl/N-ethyl adjacent to an activating group) is 1. The molecular weight excluding hydrogens is 808 g/mol. The van der Waals surface area contributed by atoms with Gasteiger partial charge in [0, 0.05) is 30.3 Å². The molecule has 0 radical (unpaired) electrons. The number of carbonyl (C=O) groups is 4. The number of ether oxygens (including phenoxy) is 3. The normalized spacial score (nSPS) is 27.8. The summed E-state index contributed by atoms with van der Waals surface area (Å²) in [5, 5.41) is 6.12. The third-order valence-corrected chi connectivity index (χ3v) is 14.1. The minimum Gasteiger partial charge on any atom is -0.485 e. The summed E-state index contributed by atoms with van der Waals surface area (Å²) in [6, 6.07) is 2.10. The van der Waals surface area contributed by atoms with E-state index in [-0.39, 0.29) is 25.0 Å². The fourth-order valence-corrected chi connectivity index (χ4v) is 9.24. The molecule has 0 saturated heterocycles. The molecule has 0 unspecified atom stereocenters. The molecule has 2 aliphatic carbocycles. The highest BCUT2D eigenvalue weighted by molar-refractivity contribution is 7.91. The average Bonchev–Trinajstić information content (AvgIpc) is 4.07. The summed E-state index contributed by atoms with van der Waals surface area (Å²) in [5.41, 5.74) is -1.89. The molecule has 1 aromatic carbocycles. The van der Waals surface area contributed by atoms with Gasteiger partial charge in [-0.2, -0.15) is 13.2 Å². The molecule has 4 amide bonds. The first-order chi connectivity index (χ1) is 27.8. The van der Waals surface area contributed by atoms with Crippen molar-refractivity contribution in [2.45, 2.75) is 152 Å². The van der Waals surface area contributed by atoms with Gasteiger partial charge in [-0.3, -0.25) is 19.1 Å². The van der Waals surface area contributed by atoms with Crippen molar-refractivity contribution in [3.8, 4) is 11.5 Å². The number of hydrogen-bond donors (Lipinski definition) is 3. The van der Waals surface area contributed by atoms with Crippen molar-refractivity contribution in [2.75, 3.05) is 13.7 Å². The number of nitrogens with one attached hydrogen (secondary N) is 3. The second-order valence-corrected chi connectivity index (χ2v) is 20.4. The first-order valence-corrected chi connectivity index (χ1v) is 22.0. The maximum absolute atomic E-state index is 14.8. The number of benzene rings is 1. The topological polar surface area (TPSA) is 182 Å². The van der Waals surface area contributed by atoms with Gasteiger partial charge in [-0.15, -0.1) is 0 Å². The highest BCUT2D eigenvalue weighted by Crippen LogP contribution is 2.48. The van der Waals surface area contributed by atoms with Crippen LogP contribution in [-0.4, -0.2) is 95.5 Å². The Morgan fingerprint density at radius 3 is 2.47 bits per heavy atom. The summed E-state index contributed by atoms with van der Waals surface area (Å²) in [4.78, 5) is 62.2. The summed E-state index contributed by atoms with van der Waals surface area (Å²) in [6.45, 7) is 8.69. The van der Waals surface area contributed by atoms with Gasteiger partial charge < -0.3 is 29.7 Å². The van der Waals surface area contributed by atoms with Crippen LogP contribution in [0.25, 0.3) is 10.9 Å². The summed E-state index contributed by atoms with van der Waals surface area (Å²) >= 11 is 0. The van der Waals surface area contributed by atoms with E-state index in [1.165, 1.54) is 24.1 Å². The van der Waals surface area contributed by atoms with Crippen LogP contribution in [0.5, 0.6) is 11.5 Å². The molecule has 60 heavy (non-hydrogen) atoms. The van der Waals surface area contributed by atoms with E-state index in [0.29, 0.717) is 72.9 Å². The second kappa shape index (κ2) is 16.3. The molecule has 6 rings (SSSR count). The quantitative estimate of drug-likeness (QED) is 0.264. The van der Waals surface area contributed by atoms with E-state index in [2.05, 4.69) is 20.3 Å². The number of alkyl halides is 3. The maximum atomic E-state index is 14.8. The smallest absolute Gasteiger partial charge is 0.422 e. The Hall–Kier alpha value is -4.61. The van der Waals surface area contributed by atoms with E-state index < -0.39 is 86.1 Å². The Morgan fingerprint density at radius 1 is 1.08 bits per heavy atom. The van der Waals surface area contributed by atoms with E-state index in [1.807, 2.05) is 12.2 Å². The van der Waals surface area contributed by atoms with Gasteiger partial charge in [0.1, 0.15) is 40.3 Å². The Labute approximate surface area is 348 Å². The molecule has 3 heterocycles. The molecule has 3 N–H and O–H groups in total. The molecule has 0 bridgehead atoms. The molecule has 330 valence electrons. The van der Waals surface area contributed by atoms with Crippen LogP contribution in [-0.2, 0) is 35.6 Å². The summed E-state index contributed by atoms with van der Waals surface area (Å²) in [5.74, 6) is -2.30. The number of sulfonamides is 1. The molecule has 2 aromatic rings. The number of nitrogens with zero attached hydrogens (tertiary/aromatic N) is 2. The number of amides is 4. The number of alkyl carbamates (subject to hydrolysis) is 1. The van der Waals surface area contributed by atoms with Gasteiger partial charge in [0.25, 0.3) is 5.91 Å². The van der Waals surface area contributed by atoms with Gasteiger partial charge in [-0.05, 0) is 111 Å². The van der Waals surface area contributed by atoms with Crippen LogP contribution in [0.1, 0.15) is 110 Å². The van der Waals surface area contributed by atoms with Crippen LogP contribution >= 0.6 is 0 Å². The van der Waals surface area contributed by atoms with Crippen molar-refractivity contribution in [3.63, 3.8) is 0 Å². The summed E-state index contributed by atoms with van der Waals surface area (Å²) in [7, 11) is -2.63. The maximum Gasteiger partial charge on any atom is 0.422 e. The fraction of sp³-hybridized carbons (Fsp3) is 0.643. The molecule has 2 saturated carbocycles. The van der Waals surface area contributed by atoms with E-state index in [1.54, 1.807) is 47.6 Å². The standard InChI is InChI=1S/C42H56F3N5O9S/c1-25-33-28(29-21-27(15-16-30(29)46-25)57-24-42(43,44)45)17-18-39(5,58-33)23-32-34(51)48-41(36(53)49-60(55,56)40(6)19-20-40)22-26(41)13-11-9-8-10-12-14-31(35(52)50(32)7)47-37(54)59-38(2,3)4/h11,13,15-16,21,26,31-32H,8-10,12,14,17-20,22-24H2,1-7H3,(H,47,54)(H,48,51)(H,49,53)/b13-11-/t26-,31+,32+,39-,41-/m1/s1. The van der Waals surface area contributed by atoms with Crippen molar-refractivity contribution in [1.29, 1.82) is 0 Å². The van der Waals surface area contributed by atoms with Gasteiger partial charge >= 0.3 is 12.3 Å². The third kappa shape index (κ3) is 10.1. The SMILES string of the molecule is Cc1nc2ccc(OCC(F)(F)F)cc2c2c1O[C@@](C)(C[C@H]1C(=O)N[C@]3(C(=O)NS(=O)(=O)C4(C)CC4)C[C@H]3/C=C\CCCCC[C@H](NC(=O)OC(C)(C)C)C(=O)N1C)CC2. The van der Waals surface area contributed by atoms with Gasteiger partial charge in [0.05, 0.1) is 16.0 Å².